The fourth-order valence-electron chi connectivity index (χ4n) is 3.10. The van der Waals surface area contributed by atoms with E-state index in [0.29, 0.717) is 54.2 Å². The maximum atomic E-state index is 12.7. The van der Waals surface area contributed by atoms with Crippen molar-refractivity contribution in [2.45, 2.75) is 13.3 Å². The van der Waals surface area contributed by atoms with E-state index in [-0.39, 0.29) is 17.7 Å². The lowest BCUT2D eigenvalue weighted by Crippen LogP contribution is -2.26. The van der Waals surface area contributed by atoms with Crippen molar-refractivity contribution >= 4 is 29.1 Å². The first-order valence-corrected chi connectivity index (χ1v) is 10.8. The molecule has 0 fully saturated rings. The van der Waals surface area contributed by atoms with Crippen LogP contribution in [0.25, 0.3) is 0 Å². The van der Waals surface area contributed by atoms with Gasteiger partial charge < -0.3 is 20.7 Å². The molecule has 0 spiro atoms. The Morgan fingerprint density at radius 1 is 0.727 bits per heavy atom. The smallest absolute Gasteiger partial charge is 0.255 e. The Morgan fingerprint density at radius 2 is 1.36 bits per heavy atom. The zero-order valence-electron chi connectivity index (χ0n) is 18.5. The lowest BCUT2D eigenvalue weighted by molar-refractivity contribution is 0.0944. The average Bonchev–Trinajstić information content (AvgIpc) is 2.85. The molecule has 3 aromatic rings. The fourth-order valence-corrected chi connectivity index (χ4v) is 3.10. The molecule has 0 saturated heterocycles. The summed E-state index contributed by atoms with van der Waals surface area (Å²) in [5.41, 5.74) is 2.33. The molecule has 0 bridgehead atoms. The van der Waals surface area contributed by atoms with Gasteiger partial charge in [-0.15, -0.1) is 0 Å². The predicted molar refractivity (Wildman–Crippen MR) is 129 cm³/mol. The van der Waals surface area contributed by atoms with E-state index in [4.69, 9.17) is 4.74 Å². The van der Waals surface area contributed by atoms with Crippen LogP contribution in [0.1, 0.15) is 44.4 Å². The van der Waals surface area contributed by atoms with Crippen molar-refractivity contribution in [3.8, 4) is 0 Å². The lowest BCUT2D eigenvalue weighted by atomic mass is 10.1. The van der Waals surface area contributed by atoms with E-state index in [0.717, 1.165) is 0 Å². The number of hydrogen-bond donors (Lipinski definition) is 3. The van der Waals surface area contributed by atoms with Crippen molar-refractivity contribution in [1.29, 1.82) is 0 Å². The monoisotopic (exact) mass is 445 g/mol. The first-order valence-electron chi connectivity index (χ1n) is 10.8. The van der Waals surface area contributed by atoms with Crippen molar-refractivity contribution in [2.24, 2.45) is 0 Å². The third kappa shape index (κ3) is 7.02. The Hall–Kier alpha value is -3.97. The summed E-state index contributed by atoms with van der Waals surface area (Å²) in [4.78, 5) is 37.5. The molecule has 0 atom stereocenters. The van der Waals surface area contributed by atoms with Gasteiger partial charge in [-0.1, -0.05) is 30.3 Å². The lowest BCUT2D eigenvalue weighted by Gasteiger charge is -2.12. The van der Waals surface area contributed by atoms with Crippen LogP contribution in [0, 0.1) is 0 Å². The number of rotatable bonds is 10. The van der Waals surface area contributed by atoms with Crippen LogP contribution in [0.2, 0.25) is 0 Å². The second-order valence-electron chi connectivity index (χ2n) is 7.20. The van der Waals surface area contributed by atoms with Gasteiger partial charge >= 0.3 is 0 Å². The average molecular weight is 446 g/mol. The number of hydrogen-bond acceptors (Lipinski definition) is 4. The number of nitrogens with one attached hydrogen (secondary N) is 3. The Morgan fingerprint density at radius 3 is 2.09 bits per heavy atom. The van der Waals surface area contributed by atoms with Crippen LogP contribution in [-0.4, -0.2) is 37.5 Å². The predicted octanol–water partition coefficient (Wildman–Crippen LogP) is 4.35. The van der Waals surface area contributed by atoms with Crippen LogP contribution in [0.5, 0.6) is 0 Å². The van der Waals surface area contributed by atoms with Crippen LogP contribution in [-0.2, 0) is 4.74 Å². The molecule has 0 aliphatic rings. The van der Waals surface area contributed by atoms with Gasteiger partial charge in [0.25, 0.3) is 17.7 Å². The number of anilines is 2. The van der Waals surface area contributed by atoms with Crippen molar-refractivity contribution in [3.63, 3.8) is 0 Å². The SMILES string of the molecule is CCOCCCNC(=O)c1ccccc1NC(=O)c1ccc(NC(=O)c2ccccc2)cc1. The van der Waals surface area contributed by atoms with Gasteiger partial charge in [0, 0.05) is 36.6 Å². The third-order valence-electron chi connectivity index (χ3n) is 4.82. The van der Waals surface area contributed by atoms with Crippen LogP contribution in [0.4, 0.5) is 11.4 Å². The van der Waals surface area contributed by atoms with Crippen LogP contribution in [0.3, 0.4) is 0 Å². The highest BCUT2D eigenvalue weighted by molar-refractivity contribution is 6.09. The second kappa shape index (κ2) is 12.2. The summed E-state index contributed by atoms with van der Waals surface area (Å²) in [6, 6.07) is 22.3. The number of benzene rings is 3. The highest BCUT2D eigenvalue weighted by Crippen LogP contribution is 2.18. The fraction of sp³-hybridized carbons (Fsp3) is 0.192. The highest BCUT2D eigenvalue weighted by Gasteiger charge is 2.14. The van der Waals surface area contributed by atoms with Crippen molar-refractivity contribution in [1.82, 2.24) is 5.32 Å². The summed E-state index contributed by atoms with van der Waals surface area (Å²) in [5.74, 6) is -0.845. The third-order valence-corrected chi connectivity index (χ3v) is 4.82. The Labute approximate surface area is 193 Å². The summed E-state index contributed by atoms with van der Waals surface area (Å²) in [6.45, 7) is 3.63. The molecule has 0 aromatic heterocycles. The molecule has 3 N–H and O–H groups in total. The molecule has 0 heterocycles. The van der Waals surface area contributed by atoms with Gasteiger partial charge in [0.05, 0.1) is 11.3 Å². The largest absolute Gasteiger partial charge is 0.382 e. The summed E-state index contributed by atoms with van der Waals surface area (Å²) < 4.78 is 5.27. The minimum Gasteiger partial charge on any atom is -0.382 e. The highest BCUT2D eigenvalue weighted by atomic mass is 16.5. The van der Waals surface area contributed by atoms with E-state index in [1.54, 1.807) is 72.8 Å². The quantitative estimate of drug-likeness (QED) is 0.404. The molecule has 33 heavy (non-hydrogen) atoms. The van der Waals surface area contributed by atoms with Gasteiger partial charge in [0.15, 0.2) is 0 Å². The van der Waals surface area contributed by atoms with E-state index in [9.17, 15) is 14.4 Å². The molecular weight excluding hydrogens is 418 g/mol. The zero-order chi connectivity index (χ0) is 23.5. The van der Waals surface area contributed by atoms with E-state index in [1.165, 1.54) is 0 Å². The normalized spacial score (nSPS) is 10.3. The Bertz CT molecular complexity index is 1080. The maximum absolute atomic E-state index is 12.7. The number of para-hydroxylation sites is 1. The van der Waals surface area contributed by atoms with E-state index in [2.05, 4.69) is 16.0 Å². The number of carbonyl (C=O) groups excluding carboxylic acids is 3. The molecule has 0 saturated carbocycles. The van der Waals surface area contributed by atoms with Gasteiger partial charge in [-0.05, 0) is 61.9 Å². The maximum Gasteiger partial charge on any atom is 0.255 e. The van der Waals surface area contributed by atoms with E-state index >= 15 is 0 Å². The topological polar surface area (TPSA) is 96.5 Å². The summed E-state index contributed by atoms with van der Waals surface area (Å²) in [7, 11) is 0. The minimum atomic E-state index is -0.354. The molecule has 0 radical (unpaired) electrons. The molecule has 0 aliphatic carbocycles. The first kappa shape index (κ1) is 23.7. The molecule has 7 heteroatoms. The summed E-state index contributed by atoms with van der Waals surface area (Å²) >= 11 is 0. The van der Waals surface area contributed by atoms with Crippen LogP contribution < -0.4 is 16.0 Å². The summed E-state index contributed by atoms with van der Waals surface area (Å²) in [5, 5.41) is 8.43. The van der Waals surface area contributed by atoms with E-state index < -0.39 is 0 Å². The number of amides is 3. The second-order valence-corrected chi connectivity index (χ2v) is 7.20. The molecule has 3 aromatic carbocycles. The minimum absolute atomic E-state index is 0.228. The summed E-state index contributed by atoms with van der Waals surface area (Å²) in [6.07, 6.45) is 0.710. The van der Waals surface area contributed by atoms with Crippen molar-refractivity contribution in [3.05, 3.63) is 95.6 Å². The van der Waals surface area contributed by atoms with Gasteiger partial charge in [-0.3, -0.25) is 14.4 Å². The van der Waals surface area contributed by atoms with Gasteiger partial charge in [0.1, 0.15) is 0 Å². The molecule has 0 aliphatic heterocycles. The molecule has 170 valence electrons. The first-order chi connectivity index (χ1) is 16.1. The number of carbonyl (C=O) groups is 3. The molecule has 0 unspecified atom stereocenters. The van der Waals surface area contributed by atoms with Gasteiger partial charge in [0.2, 0.25) is 0 Å². The Balaban J connectivity index is 1.60. The Kier molecular flexibility index (Phi) is 8.73. The number of ether oxygens (including phenoxy) is 1. The van der Waals surface area contributed by atoms with Gasteiger partial charge in [-0.2, -0.15) is 0 Å². The van der Waals surface area contributed by atoms with E-state index in [1.807, 2.05) is 13.0 Å². The van der Waals surface area contributed by atoms with Crippen LogP contribution in [0.15, 0.2) is 78.9 Å². The standard InChI is InChI=1S/C26H27N3O4/c1-2-33-18-8-17-27-26(32)22-11-6-7-12-23(22)29-25(31)20-13-15-21(16-14-20)28-24(30)19-9-4-3-5-10-19/h3-7,9-16H,2,8,17-18H2,1H3,(H,27,32)(H,28,30)(H,29,31). The molecule has 3 rings (SSSR count). The molecular formula is C26H27N3O4. The van der Waals surface area contributed by atoms with Crippen molar-refractivity contribution in [2.75, 3.05) is 30.4 Å². The molecule has 7 nitrogen and oxygen atoms in total. The van der Waals surface area contributed by atoms with Gasteiger partial charge in [-0.25, -0.2) is 0 Å². The van der Waals surface area contributed by atoms with Crippen molar-refractivity contribution < 1.29 is 19.1 Å². The molecule has 3 amide bonds. The zero-order valence-corrected chi connectivity index (χ0v) is 18.5. The van der Waals surface area contributed by atoms with Crippen LogP contribution >= 0.6 is 0 Å².